The van der Waals surface area contributed by atoms with Crippen molar-refractivity contribution >= 4 is 16.8 Å². The Bertz CT molecular complexity index is 1230. The fourth-order valence-corrected chi connectivity index (χ4v) is 5.21. The second-order valence-corrected chi connectivity index (χ2v) is 9.67. The van der Waals surface area contributed by atoms with Crippen molar-refractivity contribution in [2.45, 2.75) is 39.0 Å². The van der Waals surface area contributed by atoms with Gasteiger partial charge in [-0.25, -0.2) is 14.3 Å². The summed E-state index contributed by atoms with van der Waals surface area (Å²) in [7, 11) is 1.64. The van der Waals surface area contributed by atoms with Gasteiger partial charge in [0.1, 0.15) is 29.7 Å². The van der Waals surface area contributed by atoms with E-state index in [1.54, 1.807) is 7.11 Å². The molecule has 37 heavy (non-hydrogen) atoms. The molecule has 0 unspecified atom stereocenters. The Balaban J connectivity index is 1.35. The molecule has 1 aliphatic heterocycles. The van der Waals surface area contributed by atoms with E-state index in [-0.39, 0.29) is 18.3 Å². The van der Waals surface area contributed by atoms with Gasteiger partial charge in [0.05, 0.1) is 18.0 Å². The molecule has 0 atom stereocenters. The van der Waals surface area contributed by atoms with E-state index in [2.05, 4.69) is 9.88 Å². The minimum absolute atomic E-state index is 0.153. The van der Waals surface area contributed by atoms with Gasteiger partial charge >= 0.3 is 0 Å². The molecule has 0 aliphatic carbocycles. The Morgan fingerprint density at radius 1 is 1.14 bits per heavy atom. The first-order valence-corrected chi connectivity index (χ1v) is 12.5. The number of aromatic nitrogens is 1. The standard InChI is InChI=1S/C28H33F2N3O4/c1-19-18-31-26-6-5-22(36-2)17-25(26)24(19)4-3-7-28(27(34)32-35)8-10-33(11-9-28)12-13-37-23-15-20(29)14-21(30)16-23/h5-6,14-18,35H,3-4,7-13H2,1-2H3,(H,32,34). The molecule has 198 valence electrons. The predicted octanol–water partition coefficient (Wildman–Crippen LogP) is 4.82. The SMILES string of the molecule is COc1ccc2ncc(C)c(CCCC3(C(=O)NO)CCN(CCOc4cc(F)cc(F)c4)CC3)c2c1. The molecule has 9 heteroatoms. The van der Waals surface area contributed by atoms with Crippen LogP contribution in [0.15, 0.2) is 42.6 Å². The number of carbonyl (C=O) groups excluding carboxylic acids is 1. The second kappa shape index (κ2) is 11.8. The molecule has 1 saturated heterocycles. The number of methoxy groups -OCH3 is 1. The van der Waals surface area contributed by atoms with Crippen molar-refractivity contribution in [1.82, 2.24) is 15.4 Å². The summed E-state index contributed by atoms with van der Waals surface area (Å²) < 4.78 is 37.6. The third-order valence-corrected chi connectivity index (χ3v) is 7.39. The molecule has 0 saturated carbocycles. The van der Waals surface area contributed by atoms with Crippen molar-refractivity contribution in [3.8, 4) is 11.5 Å². The van der Waals surface area contributed by atoms with Gasteiger partial charge in [-0.3, -0.25) is 19.9 Å². The van der Waals surface area contributed by atoms with Crippen molar-refractivity contribution in [3.63, 3.8) is 0 Å². The number of likely N-dealkylation sites (tertiary alicyclic amines) is 1. The number of ether oxygens (including phenoxy) is 2. The number of fused-ring (bicyclic) bond motifs is 1. The van der Waals surface area contributed by atoms with Crippen LogP contribution >= 0.6 is 0 Å². The Hall–Kier alpha value is -3.30. The van der Waals surface area contributed by atoms with Gasteiger partial charge in [0.25, 0.3) is 0 Å². The Morgan fingerprint density at radius 3 is 2.54 bits per heavy atom. The van der Waals surface area contributed by atoms with E-state index >= 15 is 0 Å². The van der Waals surface area contributed by atoms with Gasteiger partial charge in [-0.2, -0.15) is 0 Å². The van der Waals surface area contributed by atoms with E-state index < -0.39 is 17.0 Å². The van der Waals surface area contributed by atoms with Gasteiger partial charge < -0.3 is 9.47 Å². The van der Waals surface area contributed by atoms with Crippen molar-refractivity contribution in [3.05, 3.63) is 65.4 Å². The highest BCUT2D eigenvalue weighted by molar-refractivity contribution is 5.84. The number of piperidine rings is 1. The highest BCUT2D eigenvalue weighted by Crippen LogP contribution is 2.37. The minimum Gasteiger partial charge on any atom is -0.497 e. The summed E-state index contributed by atoms with van der Waals surface area (Å²) >= 11 is 0. The zero-order chi connectivity index (χ0) is 26.4. The number of halogens is 2. The van der Waals surface area contributed by atoms with Crippen LogP contribution in [0.5, 0.6) is 11.5 Å². The lowest BCUT2D eigenvalue weighted by molar-refractivity contribution is -0.143. The topological polar surface area (TPSA) is 83.9 Å². The van der Waals surface area contributed by atoms with Crippen LogP contribution < -0.4 is 15.0 Å². The van der Waals surface area contributed by atoms with Gasteiger partial charge in [-0.05, 0) is 81.4 Å². The zero-order valence-electron chi connectivity index (χ0n) is 21.2. The van der Waals surface area contributed by atoms with Crippen molar-refractivity contribution < 1.29 is 28.3 Å². The van der Waals surface area contributed by atoms with E-state index in [1.165, 1.54) is 5.56 Å². The zero-order valence-corrected chi connectivity index (χ0v) is 21.2. The van der Waals surface area contributed by atoms with Crippen LogP contribution in [0.25, 0.3) is 10.9 Å². The summed E-state index contributed by atoms with van der Waals surface area (Å²) in [6.45, 7) is 4.20. The fraction of sp³-hybridized carbons (Fsp3) is 0.429. The van der Waals surface area contributed by atoms with Gasteiger partial charge in [-0.1, -0.05) is 0 Å². The highest BCUT2D eigenvalue weighted by Gasteiger charge is 2.40. The Kier molecular flexibility index (Phi) is 8.56. The first-order chi connectivity index (χ1) is 17.8. The normalized spacial score (nSPS) is 15.5. The molecule has 1 amide bonds. The maximum absolute atomic E-state index is 13.4. The van der Waals surface area contributed by atoms with Crippen molar-refractivity contribution in [2.75, 3.05) is 33.4 Å². The van der Waals surface area contributed by atoms with Crippen LogP contribution in [-0.2, 0) is 11.2 Å². The third kappa shape index (κ3) is 6.34. The summed E-state index contributed by atoms with van der Waals surface area (Å²) in [6.07, 6.45) is 5.26. The van der Waals surface area contributed by atoms with Crippen LogP contribution in [0.3, 0.4) is 0 Å². The van der Waals surface area contributed by atoms with Crippen LogP contribution in [0, 0.1) is 24.0 Å². The van der Waals surface area contributed by atoms with E-state index in [9.17, 15) is 18.8 Å². The largest absolute Gasteiger partial charge is 0.497 e. The lowest BCUT2D eigenvalue weighted by atomic mass is 9.73. The average molecular weight is 514 g/mol. The number of hydrogen-bond donors (Lipinski definition) is 2. The minimum atomic E-state index is -0.679. The number of carbonyl (C=O) groups is 1. The summed E-state index contributed by atoms with van der Waals surface area (Å²) in [5.74, 6) is -0.781. The van der Waals surface area contributed by atoms with Crippen LogP contribution in [0.2, 0.25) is 0 Å². The van der Waals surface area contributed by atoms with Crippen molar-refractivity contribution in [1.29, 1.82) is 0 Å². The number of amides is 1. The first-order valence-electron chi connectivity index (χ1n) is 12.5. The highest BCUT2D eigenvalue weighted by atomic mass is 19.1. The monoisotopic (exact) mass is 513 g/mol. The van der Waals surface area contributed by atoms with Gasteiger partial charge in [-0.15, -0.1) is 0 Å². The number of aryl methyl sites for hydroxylation is 2. The summed E-state index contributed by atoms with van der Waals surface area (Å²) in [5, 5.41) is 10.5. The van der Waals surface area contributed by atoms with E-state index in [1.807, 2.05) is 36.8 Å². The summed E-state index contributed by atoms with van der Waals surface area (Å²) in [4.78, 5) is 19.4. The van der Waals surface area contributed by atoms with Gasteiger partial charge in [0, 0.05) is 36.3 Å². The molecule has 2 aromatic carbocycles. The molecule has 2 heterocycles. The lowest BCUT2D eigenvalue weighted by Gasteiger charge is -2.40. The van der Waals surface area contributed by atoms with Gasteiger partial charge in [0.15, 0.2) is 0 Å². The number of hydrogen-bond acceptors (Lipinski definition) is 6. The Morgan fingerprint density at radius 2 is 1.86 bits per heavy atom. The molecular weight excluding hydrogens is 480 g/mol. The second-order valence-electron chi connectivity index (χ2n) is 9.67. The number of hydroxylamine groups is 1. The maximum Gasteiger partial charge on any atom is 0.249 e. The lowest BCUT2D eigenvalue weighted by Crippen LogP contribution is -2.49. The molecule has 7 nitrogen and oxygen atoms in total. The third-order valence-electron chi connectivity index (χ3n) is 7.39. The van der Waals surface area contributed by atoms with Crippen molar-refractivity contribution in [2.24, 2.45) is 5.41 Å². The quantitative estimate of drug-likeness (QED) is 0.299. The van der Waals surface area contributed by atoms with E-state index in [0.29, 0.717) is 38.9 Å². The van der Waals surface area contributed by atoms with Crippen LogP contribution in [0.4, 0.5) is 8.78 Å². The van der Waals surface area contributed by atoms with Crippen LogP contribution in [0.1, 0.15) is 36.8 Å². The fourth-order valence-electron chi connectivity index (χ4n) is 5.21. The molecule has 1 aliphatic rings. The summed E-state index contributed by atoms with van der Waals surface area (Å²) in [5.41, 5.74) is 4.41. The molecule has 1 aromatic heterocycles. The number of nitrogens with one attached hydrogen (secondary N) is 1. The molecular formula is C28H33F2N3O4. The molecule has 4 rings (SSSR count). The Labute approximate surface area is 215 Å². The smallest absolute Gasteiger partial charge is 0.249 e. The molecule has 1 fully saturated rings. The maximum atomic E-state index is 13.4. The molecule has 0 bridgehead atoms. The van der Waals surface area contributed by atoms with E-state index in [0.717, 1.165) is 53.3 Å². The number of pyridine rings is 1. The number of rotatable bonds is 10. The average Bonchev–Trinajstić information content (AvgIpc) is 2.89. The first kappa shape index (κ1) is 26.8. The number of benzene rings is 2. The summed E-state index contributed by atoms with van der Waals surface area (Å²) in [6, 6.07) is 8.95. The molecule has 2 N–H and O–H groups in total. The molecule has 3 aromatic rings. The molecule has 0 spiro atoms. The van der Waals surface area contributed by atoms with Crippen LogP contribution in [-0.4, -0.2) is 54.3 Å². The van der Waals surface area contributed by atoms with E-state index in [4.69, 9.17) is 9.47 Å². The number of nitrogens with zero attached hydrogens (tertiary/aromatic N) is 2. The predicted molar refractivity (Wildman–Crippen MR) is 136 cm³/mol. The molecule has 0 radical (unpaired) electrons. The van der Waals surface area contributed by atoms with Gasteiger partial charge in [0.2, 0.25) is 5.91 Å².